The molecule has 0 radical (unpaired) electrons. The van der Waals surface area contributed by atoms with Crippen molar-refractivity contribution in [2.75, 3.05) is 6.54 Å². The van der Waals surface area contributed by atoms with Gasteiger partial charge in [0.15, 0.2) is 0 Å². The average molecular weight is 336 g/mol. The van der Waals surface area contributed by atoms with E-state index in [2.05, 4.69) is 18.8 Å². The van der Waals surface area contributed by atoms with Crippen molar-refractivity contribution in [3.05, 3.63) is 52.2 Å². The molecule has 0 spiro atoms. The fraction of sp³-hybridized carbons (Fsp3) is 0.389. The normalized spacial score (nSPS) is 20.4. The van der Waals surface area contributed by atoms with Crippen molar-refractivity contribution < 1.29 is 18.3 Å². The van der Waals surface area contributed by atoms with E-state index in [-0.39, 0.29) is 5.41 Å². The van der Waals surface area contributed by atoms with E-state index in [1.54, 1.807) is 0 Å². The van der Waals surface area contributed by atoms with Gasteiger partial charge in [-0.2, -0.15) is 13.2 Å². The Morgan fingerprint density at radius 1 is 1.25 bits per heavy atom. The van der Waals surface area contributed by atoms with Crippen LogP contribution in [-0.4, -0.2) is 17.4 Å². The van der Waals surface area contributed by atoms with Crippen molar-refractivity contribution in [2.45, 2.75) is 32.9 Å². The van der Waals surface area contributed by atoms with E-state index in [0.29, 0.717) is 23.5 Å². The van der Waals surface area contributed by atoms with Crippen molar-refractivity contribution in [3.8, 4) is 5.75 Å². The van der Waals surface area contributed by atoms with Crippen LogP contribution in [0.4, 0.5) is 13.2 Å². The molecule has 6 heteroatoms. The number of hydrogen-bond donors (Lipinski definition) is 2. The zero-order chi connectivity index (χ0) is 17.7. The van der Waals surface area contributed by atoms with Crippen LogP contribution in [0, 0.1) is 5.41 Å². The first-order valence-electron chi connectivity index (χ1n) is 7.76. The zero-order valence-electron chi connectivity index (χ0n) is 13.5. The van der Waals surface area contributed by atoms with Crippen LogP contribution in [0.5, 0.6) is 5.75 Å². The number of phenols is 1. The highest BCUT2D eigenvalue weighted by atomic mass is 19.4. The predicted molar refractivity (Wildman–Crippen MR) is 86.8 cm³/mol. The van der Waals surface area contributed by atoms with E-state index in [9.17, 15) is 18.3 Å². The van der Waals surface area contributed by atoms with Gasteiger partial charge in [-0.05, 0) is 53.7 Å². The van der Waals surface area contributed by atoms with Crippen LogP contribution in [0.15, 0.2) is 46.1 Å². The van der Waals surface area contributed by atoms with Gasteiger partial charge in [0.05, 0.1) is 17.8 Å². The van der Waals surface area contributed by atoms with Crippen molar-refractivity contribution in [1.82, 2.24) is 0 Å². The number of allylic oxidation sites excluding steroid dienone is 2. The monoisotopic (exact) mass is 336 g/mol. The molecular weight excluding hydrogens is 317 g/mol. The van der Waals surface area contributed by atoms with E-state index in [1.807, 2.05) is 6.08 Å². The van der Waals surface area contributed by atoms with Crippen molar-refractivity contribution in [2.24, 2.45) is 16.1 Å². The van der Waals surface area contributed by atoms with Gasteiger partial charge in [0.1, 0.15) is 5.75 Å². The maximum Gasteiger partial charge on any atom is 0.416 e. The van der Waals surface area contributed by atoms with E-state index in [1.165, 1.54) is 6.07 Å². The molecule has 24 heavy (non-hydrogen) atoms. The first-order valence-corrected chi connectivity index (χ1v) is 7.76. The number of aromatic hydroxyl groups is 1. The number of nitrogens with zero attached hydrogens (tertiary/aromatic N) is 1. The van der Waals surface area contributed by atoms with E-state index >= 15 is 0 Å². The van der Waals surface area contributed by atoms with Crippen molar-refractivity contribution in [3.63, 3.8) is 0 Å². The summed E-state index contributed by atoms with van der Waals surface area (Å²) in [5.41, 5.74) is 8.46. The molecule has 128 valence electrons. The lowest BCUT2D eigenvalue weighted by Gasteiger charge is -2.25. The smallest absolute Gasteiger partial charge is 0.416 e. The fourth-order valence-electron chi connectivity index (χ4n) is 3.41. The fourth-order valence-corrected chi connectivity index (χ4v) is 3.41. The van der Waals surface area contributed by atoms with Gasteiger partial charge < -0.3 is 10.8 Å². The number of nitrogens with two attached hydrogens (primary N) is 1. The lowest BCUT2D eigenvalue weighted by molar-refractivity contribution is -0.137. The molecule has 1 aliphatic heterocycles. The molecule has 0 bridgehead atoms. The number of phenolic OH excluding ortho intramolecular Hbond substituents is 1. The van der Waals surface area contributed by atoms with Crippen LogP contribution >= 0.6 is 0 Å². The zero-order valence-corrected chi connectivity index (χ0v) is 13.5. The van der Waals surface area contributed by atoms with Crippen LogP contribution in [0.1, 0.15) is 37.8 Å². The molecule has 0 saturated heterocycles. The van der Waals surface area contributed by atoms with Gasteiger partial charge in [0.25, 0.3) is 0 Å². The molecule has 0 aromatic heterocycles. The number of halogens is 3. The summed E-state index contributed by atoms with van der Waals surface area (Å²) in [6.45, 7) is 4.46. The van der Waals surface area contributed by atoms with Crippen LogP contribution < -0.4 is 5.73 Å². The number of alkyl halides is 3. The summed E-state index contributed by atoms with van der Waals surface area (Å²) in [6.07, 6.45) is -1.01. The number of aliphatic imine (C=N–C) groups is 1. The molecule has 3 rings (SSSR count). The van der Waals surface area contributed by atoms with Gasteiger partial charge in [-0.25, -0.2) is 0 Å². The maximum atomic E-state index is 12.8. The Labute approximate surface area is 138 Å². The Kier molecular flexibility index (Phi) is 3.73. The number of rotatable bonds is 1. The summed E-state index contributed by atoms with van der Waals surface area (Å²) in [4.78, 5) is 4.50. The molecule has 3 nitrogen and oxygen atoms in total. The molecule has 0 fully saturated rings. The second kappa shape index (κ2) is 5.40. The SMILES string of the molecule is CC1(C)CCC2=C1C(c1ccc(C(F)(F)F)cc1O)=NCC=C2N. The summed E-state index contributed by atoms with van der Waals surface area (Å²) in [5.74, 6) is -0.418. The molecule has 0 unspecified atom stereocenters. The quantitative estimate of drug-likeness (QED) is 0.808. The first kappa shape index (κ1) is 16.6. The molecule has 1 aromatic rings. The van der Waals surface area contributed by atoms with Gasteiger partial charge in [0, 0.05) is 11.3 Å². The van der Waals surface area contributed by atoms with E-state index in [4.69, 9.17) is 5.73 Å². The molecule has 1 heterocycles. The Morgan fingerprint density at radius 3 is 2.58 bits per heavy atom. The summed E-state index contributed by atoms with van der Waals surface area (Å²) in [7, 11) is 0. The Hall–Kier alpha value is -2.24. The van der Waals surface area contributed by atoms with Gasteiger partial charge in [0.2, 0.25) is 0 Å². The van der Waals surface area contributed by atoms with E-state index in [0.717, 1.165) is 36.1 Å². The van der Waals surface area contributed by atoms with Crippen LogP contribution in [-0.2, 0) is 6.18 Å². The summed E-state index contributed by atoms with van der Waals surface area (Å²) in [5, 5.41) is 10.2. The Bertz CT molecular complexity index is 786. The Balaban J connectivity index is 2.14. The lowest BCUT2D eigenvalue weighted by atomic mass is 9.80. The third-order valence-corrected chi connectivity index (χ3v) is 4.70. The second-order valence-corrected chi connectivity index (χ2v) is 6.82. The maximum absolute atomic E-state index is 12.8. The van der Waals surface area contributed by atoms with Gasteiger partial charge in [-0.1, -0.05) is 13.8 Å². The number of benzene rings is 1. The van der Waals surface area contributed by atoms with Crippen LogP contribution in [0.25, 0.3) is 0 Å². The minimum atomic E-state index is -4.50. The second-order valence-electron chi connectivity index (χ2n) is 6.82. The van der Waals surface area contributed by atoms with Crippen LogP contribution in [0.2, 0.25) is 0 Å². The topological polar surface area (TPSA) is 58.6 Å². The van der Waals surface area contributed by atoms with Gasteiger partial charge >= 0.3 is 6.18 Å². The third-order valence-electron chi connectivity index (χ3n) is 4.70. The van der Waals surface area contributed by atoms with E-state index < -0.39 is 17.5 Å². The van der Waals surface area contributed by atoms with Gasteiger partial charge in [-0.3, -0.25) is 4.99 Å². The predicted octanol–water partition coefficient (Wildman–Crippen LogP) is 4.17. The van der Waals surface area contributed by atoms with Crippen molar-refractivity contribution in [1.29, 1.82) is 0 Å². The molecule has 1 aliphatic carbocycles. The Morgan fingerprint density at radius 2 is 1.96 bits per heavy atom. The van der Waals surface area contributed by atoms with Crippen molar-refractivity contribution >= 4 is 5.71 Å². The molecule has 0 atom stereocenters. The lowest BCUT2D eigenvalue weighted by Crippen LogP contribution is -2.20. The average Bonchev–Trinajstić information content (AvgIpc) is 2.68. The largest absolute Gasteiger partial charge is 0.507 e. The summed E-state index contributed by atoms with van der Waals surface area (Å²) < 4.78 is 38.5. The molecule has 3 N–H and O–H groups in total. The number of hydrogen-bond acceptors (Lipinski definition) is 3. The molecule has 0 amide bonds. The minimum Gasteiger partial charge on any atom is -0.507 e. The molecule has 1 aromatic carbocycles. The standard InChI is InChI=1S/C18H19F3N2O/c1-17(2)7-5-11-13(22)6-8-23-16(15(11)17)12-4-3-10(9-14(12)24)18(19,20)21/h3-4,6,9,24H,5,7-8,22H2,1-2H3. The summed E-state index contributed by atoms with van der Waals surface area (Å²) in [6, 6.07) is 3.01. The summed E-state index contributed by atoms with van der Waals surface area (Å²) >= 11 is 0. The highest BCUT2D eigenvalue weighted by Crippen LogP contribution is 2.47. The molecular formula is C18H19F3N2O. The molecule has 0 saturated carbocycles. The highest BCUT2D eigenvalue weighted by Gasteiger charge is 2.38. The van der Waals surface area contributed by atoms with Gasteiger partial charge in [-0.15, -0.1) is 0 Å². The highest BCUT2D eigenvalue weighted by molar-refractivity contribution is 6.16. The molecule has 2 aliphatic rings. The third kappa shape index (κ3) is 2.70. The first-order chi connectivity index (χ1) is 11.1. The minimum absolute atomic E-state index is 0.202. The van der Waals surface area contributed by atoms with Crippen LogP contribution in [0.3, 0.4) is 0 Å².